The summed E-state index contributed by atoms with van der Waals surface area (Å²) in [4.78, 5) is 24.3. The van der Waals surface area contributed by atoms with E-state index in [1.54, 1.807) is 29.7 Å². The lowest BCUT2D eigenvalue weighted by Crippen LogP contribution is -2.17. The predicted molar refractivity (Wildman–Crippen MR) is 102 cm³/mol. The summed E-state index contributed by atoms with van der Waals surface area (Å²) in [5.74, 6) is -1.55. The van der Waals surface area contributed by atoms with E-state index in [2.05, 4.69) is 0 Å². The Hall–Kier alpha value is -3.06. The Morgan fingerprint density at radius 2 is 1.86 bits per heavy atom. The first-order chi connectivity index (χ1) is 13.5. The molecule has 1 heterocycles. The molecule has 146 valence electrons. The fourth-order valence-corrected chi connectivity index (χ4v) is 3.03. The molecule has 1 aromatic heterocycles. The molecule has 0 N–H and O–H groups in total. The van der Waals surface area contributed by atoms with E-state index in [9.17, 15) is 14.0 Å². The van der Waals surface area contributed by atoms with E-state index >= 15 is 0 Å². The molecular formula is C20H17ClFNO5. The first-order valence-electron chi connectivity index (χ1n) is 8.43. The highest BCUT2D eigenvalue weighted by atomic mass is 35.5. The fourth-order valence-electron chi connectivity index (χ4n) is 2.85. The molecule has 8 heteroatoms. The summed E-state index contributed by atoms with van der Waals surface area (Å²) in [5.41, 5.74) is 1.14. The fraction of sp³-hybridized carbons (Fsp3) is 0.200. The van der Waals surface area contributed by atoms with Crippen molar-refractivity contribution >= 4 is 34.4 Å². The predicted octanol–water partition coefficient (Wildman–Crippen LogP) is 4.15. The molecule has 0 saturated heterocycles. The van der Waals surface area contributed by atoms with Crippen LogP contribution in [-0.2, 0) is 14.3 Å². The number of carbonyl (C=O) groups excluding carboxylic acids is 2. The summed E-state index contributed by atoms with van der Waals surface area (Å²) in [6.07, 6.45) is 0. The van der Waals surface area contributed by atoms with Crippen LogP contribution in [0.1, 0.15) is 17.4 Å². The maximum Gasteiger partial charge on any atom is 0.358 e. The van der Waals surface area contributed by atoms with Crippen molar-refractivity contribution < 1.29 is 28.2 Å². The number of methoxy groups -OCH3 is 1. The van der Waals surface area contributed by atoms with Gasteiger partial charge in [0.05, 0.1) is 19.2 Å². The molecule has 0 fully saturated rings. The van der Waals surface area contributed by atoms with Crippen molar-refractivity contribution in [3.05, 3.63) is 59.0 Å². The molecule has 6 nitrogen and oxygen atoms in total. The Balaban J connectivity index is 2.24. The van der Waals surface area contributed by atoms with E-state index in [4.69, 9.17) is 25.8 Å². The molecule has 3 rings (SSSR count). The van der Waals surface area contributed by atoms with Gasteiger partial charge in [-0.1, -0.05) is 11.6 Å². The minimum absolute atomic E-state index is 0.0515. The summed E-state index contributed by atoms with van der Waals surface area (Å²) in [6.45, 7) is 1.49. The second kappa shape index (κ2) is 8.31. The topological polar surface area (TPSA) is 66.8 Å². The van der Waals surface area contributed by atoms with Gasteiger partial charge >= 0.3 is 11.9 Å². The third-order valence-electron chi connectivity index (χ3n) is 3.99. The number of hydrogen-bond acceptors (Lipinski definition) is 5. The third-order valence-corrected chi connectivity index (χ3v) is 4.22. The first kappa shape index (κ1) is 19.7. The number of halogens is 2. The van der Waals surface area contributed by atoms with Crippen LogP contribution in [0.4, 0.5) is 4.39 Å². The van der Waals surface area contributed by atoms with E-state index in [1.165, 1.54) is 31.4 Å². The van der Waals surface area contributed by atoms with Gasteiger partial charge in [-0.2, -0.15) is 0 Å². The number of fused-ring (bicyclic) bond motifs is 1. The average molecular weight is 406 g/mol. The monoisotopic (exact) mass is 405 g/mol. The Bertz CT molecular complexity index is 1030. The van der Waals surface area contributed by atoms with E-state index in [1.807, 2.05) is 0 Å². The molecule has 0 amide bonds. The van der Waals surface area contributed by atoms with Crippen LogP contribution >= 0.6 is 11.6 Å². The van der Waals surface area contributed by atoms with Gasteiger partial charge in [0, 0.05) is 16.1 Å². The molecule has 0 atom stereocenters. The van der Waals surface area contributed by atoms with Crippen LogP contribution in [0.15, 0.2) is 42.5 Å². The van der Waals surface area contributed by atoms with Crippen LogP contribution in [0.2, 0.25) is 5.02 Å². The van der Waals surface area contributed by atoms with Gasteiger partial charge in [-0.15, -0.1) is 0 Å². The standard InChI is InChI=1S/C20H17ClFNO5/c1-3-27-17(24)11-28-19-15-10-12(21)4-9-16(15)23(18(19)20(25)26-2)14-7-5-13(22)6-8-14/h4-10H,3,11H2,1-2H3. The Kier molecular flexibility index (Phi) is 5.84. The zero-order valence-electron chi connectivity index (χ0n) is 15.2. The highest BCUT2D eigenvalue weighted by molar-refractivity contribution is 6.31. The second-order valence-electron chi connectivity index (χ2n) is 5.74. The number of aromatic nitrogens is 1. The van der Waals surface area contributed by atoms with Gasteiger partial charge in [-0.05, 0) is 49.4 Å². The van der Waals surface area contributed by atoms with Crippen molar-refractivity contribution in [3.8, 4) is 11.4 Å². The van der Waals surface area contributed by atoms with E-state index in [0.29, 0.717) is 21.6 Å². The van der Waals surface area contributed by atoms with E-state index < -0.39 is 24.4 Å². The number of hydrogen-bond donors (Lipinski definition) is 0. The van der Waals surface area contributed by atoms with Crippen molar-refractivity contribution in [2.45, 2.75) is 6.92 Å². The number of carbonyl (C=O) groups is 2. The molecule has 3 aromatic rings. The third kappa shape index (κ3) is 3.80. The molecule has 0 saturated carbocycles. The highest BCUT2D eigenvalue weighted by Crippen LogP contribution is 2.37. The molecule has 0 aliphatic heterocycles. The van der Waals surface area contributed by atoms with Gasteiger partial charge in [0.25, 0.3) is 0 Å². The number of ether oxygens (including phenoxy) is 3. The van der Waals surface area contributed by atoms with Crippen LogP contribution in [0.5, 0.6) is 5.75 Å². The molecule has 0 bridgehead atoms. The zero-order chi connectivity index (χ0) is 20.3. The van der Waals surface area contributed by atoms with Gasteiger partial charge in [0.15, 0.2) is 18.1 Å². The van der Waals surface area contributed by atoms with Crippen LogP contribution in [-0.4, -0.2) is 36.8 Å². The molecule has 0 unspecified atom stereocenters. The summed E-state index contributed by atoms with van der Waals surface area (Å²) in [5, 5.41) is 0.919. The molecule has 28 heavy (non-hydrogen) atoms. The van der Waals surface area contributed by atoms with Gasteiger partial charge in [-0.3, -0.25) is 0 Å². The SMILES string of the molecule is CCOC(=O)COc1c(C(=O)OC)n(-c2ccc(F)cc2)c2ccc(Cl)cc12. The number of esters is 2. The minimum atomic E-state index is -0.685. The van der Waals surface area contributed by atoms with Gasteiger partial charge < -0.3 is 18.8 Å². The van der Waals surface area contributed by atoms with Crippen molar-refractivity contribution in [1.82, 2.24) is 4.57 Å². The zero-order valence-corrected chi connectivity index (χ0v) is 16.0. The summed E-state index contributed by atoms with van der Waals surface area (Å²) in [7, 11) is 1.23. The lowest BCUT2D eigenvalue weighted by Gasteiger charge is -2.11. The molecule has 0 radical (unpaired) electrons. The lowest BCUT2D eigenvalue weighted by molar-refractivity contribution is -0.145. The lowest BCUT2D eigenvalue weighted by atomic mass is 10.2. The largest absolute Gasteiger partial charge is 0.479 e. The van der Waals surface area contributed by atoms with Crippen molar-refractivity contribution in [3.63, 3.8) is 0 Å². The Morgan fingerprint density at radius 3 is 2.50 bits per heavy atom. The summed E-state index contributed by atoms with van der Waals surface area (Å²) < 4.78 is 30.4. The van der Waals surface area contributed by atoms with Gasteiger partial charge in [0.1, 0.15) is 5.82 Å². The second-order valence-corrected chi connectivity index (χ2v) is 6.17. The quantitative estimate of drug-likeness (QED) is 0.576. The van der Waals surface area contributed by atoms with E-state index in [0.717, 1.165) is 0 Å². The number of nitrogens with zero attached hydrogens (tertiary/aromatic N) is 1. The normalized spacial score (nSPS) is 10.7. The number of rotatable bonds is 6. The Morgan fingerprint density at radius 1 is 1.14 bits per heavy atom. The first-order valence-corrected chi connectivity index (χ1v) is 8.80. The summed E-state index contributed by atoms with van der Waals surface area (Å²) in [6, 6.07) is 10.6. The van der Waals surface area contributed by atoms with Crippen molar-refractivity contribution in [1.29, 1.82) is 0 Å². The van der Waals surface area contributed by atoms with Gasteiger partial charge in [-0.25, -0.2) is 14.0 Å². The molecule has 0 spiro atoms. The molecule has 0 aliphatic carbocycles. The maximum atomic E-state index is 13.4. The smallest absolute Gasteiger partial charge is 0.358 e. The van der Waals surface area contributed by atoms with Crippen LogP contribution in [0.3, 0.4) is 0 Å². The van der Waals surface area contributed by atoms with Crippen LogP contribution in [0.25, 0.3) is 16.6 Å². The molecule has 2 aromatic carbocycles. The maximum absolute atomic E-state index is 13.4. The van der Waals surface area contributed by atoms with Gasteiger partial charge in [0.2, 0.25) is 0 Å². The highest BCUT2D eigenvalue weighted by Gasteiger charge is 2.27. The minimum Gasteiger partial charge on any atom is -0.479 e. The molecular weight excluding hydrogens is 389 g/mol. The number of benzene rings is 2. The van der Waals surface area contributed by atoms with Crippen LogP contribution < -0.4 is 4.74 Å². The Labute approximate surface area is 165 Å². The summed E-state index contributed by atoms with van der Waals surface area (Å²) >= 11 is 6.12. The van der Waals surface area contributed by atoms with E-state index in [-0.39, 0.29) is 18.1 Å². The van der Waals surface area contributed by atoms with Crippen molar-refractivity contribution in [2.24, 2.45) is 0 Å². The average Bonchev–Trinajstić information content (AvgIpc) is 3.00. The van der Waals surface area contributed by atoms with Crippen molar-refractivity contribution in [2.75, 3.05) is 20.3 Å². The van der Waals surface area contributed by atoms with Crippen LogP contribution in [0, 0.1) is 5.82 Å². The molecule has 0 aliphatic rings.